The lowest BCUT2D eigenvalue weighted by Gasteiger charge is -2.35. The van der Waals surface area contributed by atoms with Crippen molar-refractivity contribution in [2.24, 2.45) is 4.99 Å². The summed E-state index contributed by atoms with van der Waals surface area (Å²) in [5.41, 5.74) is 3.05. The molecular formula is C37H48F4N2O3. The number of hydrogen-bond donors (Lipinski definition) is 2. The van der Waals surface area contributed by atoms with Crippen molar-refractivity contribution in [1.82, 2.24) is 5.32 Å². The van der Waals surface area contributed by atoms with Gasteiger partial charge in [-0.3, -0.25) is 9.79 Å². The number of allylic oxidation sites excluding steroid dienone is 2. The first-order valence-corrected chi connectivity index (χ1v) is 15.2. The molecule has 46 heavy (non-hydrogen) atoms. The third-order valence-corrected chi connectivity index (χ3v) is 6.29. The Hall–Kier alpha value is -4.24. The molecular weight excluding hydrogens is 596 g/mol. The number of nitrogens with one attached hydrogen (secondary N) is 1. The fraction of sp³-hybridized carbons (Fsp3) is 0.351. The van der Waals surface area contributed by atoms with Crippen molar-refractivity contribution in [3.8, 4) is 5.75 Å². The highest BCUT2D eigenvalue weighted by Gasteiger charge is 2.44. The fourth-order valence-electron chi connectivity index (χ4n) is 4.08. The largest absolute Gasteiger partial charge is 0.461 e. The predicted molar refractivity (Wildman–Crippen MR) is 181 cm³/mol. The molecule has 0 spiro atoms. The molecule has 3 rings (SSSR count). The molecule has 3 aromatic rings. The Labute approximate surface area is 271 Å². The fourth-order valence-corrected chi connectivity index (χ4v) is 4.08. The van der Waals surface area contributed by atoms with Crippen LogP contribution in [0.1, 0.15) is 63.3 Å². The number of halogens is 4. The van der Waals surface area contributed by atoms with Gasteiger partial charge in [-0.15, -0.1) is 0 Å². The maximum Gasteiger partial charge on any atom is 0.461 e. The van der Waals surface area contributed by atoms with E-state index in [9.17, 15) is 22.4 Å². The number of hydrogen-bond acceptors (Lipinski definition) is 4. The minimum atomic E-state index is -4.66. The van der Waals surface area contributed by atoms with Crippen LogP contribution in [0.15, 0.2) is 108 Å². The Morgan fingerprint density at radius 1 is 0.957 bits per heavy atom. The summed E-state index contributed by atoms with van der Waals surface area (Å²) in [5.74, 6) is -0.465. The first kappa shape index (κ1) is 41.8. The van der Waals surface area contributed by atoms with Gasteiger partial charge in [0.1, 0.15) is 11.3 Å². The molecule has 0 radical (unpaired) electrons. The van der Waals surface area contributed by atoms with Gasteiger partial charge in [0, 0.05) is 19.7 Å². The highest BCUT2D eigenvalue weighted by Crippen LogP contribution is 2.34. The van der Waals surface area contributed by atoms with Crippen molar-refractivity contribution >= 4 is 12.1 Å². The van der Waals surface area contributed by atoms with Gasteiger partial charge < -0.3 is 15.2 Å². The molecule has 0 aliphatic carbocycles. The highest BCUT2D eigenvalue weighted by atomic mass is 19.3. The van der Waals surface area contributed by atoms with Gasteiger partial charge in [-0.05, 0) is 61.6 Å². The Balaban J connectivity index is 0.00000131. The van der Waals surface area contributed by atoms with Crippen molar-refractivity contribution < 1.29 is 32.2 Å². The quantitative estimate of drug-likeness (QED) is 0.111. The van der Waals surface area contributed by atoms with Crippen molar-refractivity contribution in [3.63, 3.8) is 0 Å². The van der Waals surface area contributed by atoms with Gasteiger partial charge >= 0.3 is 12.5 Å². The zero-order valence-corrected chi connectivity index (χ0v) is 27.8. The molecule has 0 aliphatic heterocycles. The maximum absolute atomic E-state index is 13.6. The number of rotatable bonds is 13. The summed E-state index contributed by atoms with van der Waals surface area (Å²) in [5, 5.41) is 9.80. The number of nitrogens with zero attached hydrogens (tertiary/aromatic N) is 1. The van der Waals surface area contributed by atoms with E-state index in [0.29, 0.717) is 24.1 Å². The van der Waals surface area contributed by atoms with Crippen LogP contribution in [-0.4, -0.2) is 36.9 Å². The summed E-state index contributed by atoms with van der Waals surface area (Å²) in [6.45, 7) is 12.0. The Morgan fingerprint density at radius 3 is 2.11 bits per heavy atom. The second kappa shape index (κ2) is 23.1. The van der Waals surface area contributed by atoms with Crippen molar-refractivity contribution in [2.75, 3.05) is 7.11 Å². The monoisotopic (exact) mass is 644 g/mol. The number of alkyl halides is 4. The second-order valence-electron chi connectivity index (χ2n) is 9.47. The van der Waals surface area contributed by atoms with E-state index in [4.69, 9.17) is 5.11 Å². The Kier molecular flexibility index (Phi) is 21.0. The molecule has 0 saturated carbocycles. The number of aliphatic hydroxyl groups is 1. The molecule has 0 unspecified atom stereocenters. The zero-order valence-electron chi connectivity index (χ0n) is 27.8. The van der Waals surface area contributed by atoms with Gasteiger partial charge in [-0.25, -0.2) is 0 Å². The van der Waals surface area contributed by atoms with E-state index in [1.807, 2.05) is 57.2 Å². The van der Waals surface area contributed by atoms with E-state index >= 15 is 0 Å². The summed E-state index contributed by atoms with van der Waals surface area (Å²) in [6.07, 6.45) is 0.706. The standard InChI is InChI=1S/C25H26F4N2O2.C9H12.C2H6.CH4O/c1-3-5-14-22(30-15-4-2)24(31-18-32,17-19-10-7-6-8-11-19)20-12-9-13-21(16-20)33-25(28,29)23(26)27;1-3-9-6-4-8(2)5-7-9;2*1-2/h4-16,18,23H,3,17H2,1-2H3,(H,31,32);4-7H,3H2,1-2H3;1-2H3;2H,1H3/b14-5-,15-4+,30-22+;;;/t24-;;;/m0.../s1. The SMILES string of the molecule is C/C=C/N=C(\C=C/CC)[C@@](Cc1ccccc1)(NC=O)c1cccc(OC(F)(F)C(F)F)c1.CC.CCc1ccc(C)cc1.CO. The van der Waals surface area contributed by atoms with E-state index in [1.165, 1.54) is 23.3 Å². The van der Waals surface area contributed by atoms with Gasteiger partial charge in [0.05, 0.1) is 5.71 Å². The van der Waals surface area contributed by atoms with Gasteiger partial charge in [0.2, 0.25) is 6.41 Å². The smallest absolute Gasteiger partial charge is 0.428 e. The van der Waals surface area contributed by atoms with Crippen LogP contribution in [0.25, 0.3) is 0 Å². The Bertz CT molecular complexity index is 1330. The van der Waals surface area contributed by atoms with E-state index in [-0.39, 0.29) is 6.42 Å². The number of carbonyl (C=O) groups is 1. The van der Waals surface area contributed by atoms with E-state index in [1.54, 1.807) is 31.3 Å². The summed E-state index contributed by atoms with van der Waals surface area (Å²) in [7, 11) is 1.00. The van der Waals surface area contributed by atoms with Gasteiger partial charge in [0.25, 0.3) is 0 Å². The number of benzene rings is 3. The first-order chi connectivity index (χ1) is 22.1. The lowest BCUT2D eigenvalue weighted by atomic mass is 9.79. The van der Waals surface area contributed by atoms with Gasteiger partial charge in [-0.1, -0.05) is 112 Å². The third-order valence-electron chi connectivity index (χ3n) is 6.29. The summed E-state index contributed by atoms with van der Waals surface area (Å²) in [4.78, 5) is 16.3. The molecule has 2 N–H and O–H groups in total. The predicted octanol–water partition coefficient (Wildman–Crippen LogP) is 9.24. The minimum Gasteiger partial charge on any atom is -0.428 e. The highest BCUT2D eigenvalue weighted by molar-refractivity contribution is 6.04. The molecule has 0 bridgehead atoms. The zero-order chi connectivity index (χ0) is 35.0. The van der Waals surface area contributed by atoms with Crippen LogP contribution in [-0.2, 0) is 23.2 Å². The van der Waals surface area contributed by atoms with Crippen molar-refractivity contribution in [1.29, 1.82) is 0 Å². The molecule has 0 fully saturated rings. The van der Waals surface area contributed by atoms with Crippen LogP contribution in [0.5, 0.6) is 5.75 Å². The third kappa shape index (κ3) is 13.8. The molecule has 252 valence electrons. The number of aryl methyl sites for hydroxylation is 2. The molecule has 3 aromatic carbocycles. The van der Waals surface area contributed by atoms with Crippen molar-refractivity contribution in [3.05, 3.63) is 126 Å². The van der Waals surface area contributed by atoms with E-state index < -0.39 is 23.8 Å². The molecule has 1 atom stereocenters. The average molecular weight is 645 g/mol. The summed E-state index contributed by atoms with van der Waals surface area (Å²) in [6, 6.07) is 23.2. The van der Waals surface area contributed by atoms with Crippen LogP contribution < -0.4 is 10.1 Å². The van der Waals surface area contributed by atoms with E-state index in [0.717, 1.165) is 25.2 Å². The lowest BCUT2D eigenvalue weighted by molar-refractivity contribution is -0.253. The molecule has 0 aliphatic rings. The molecule has 0 aromatic heterocycles. The van der Waals surface area contributed by atoms with Crippen LogP contribution in [0.3, 0.4) is 0 Å². The van der Waals surface area contributed by atoms with Gasteiger partial charge in [0.15, 0.2) is 0 Å². The Morgan fingerprint density at radius 2 is 1.59 bits per heavy atom. The van der Waals surface area contributed by atoms with Crippen molar-refractivity contribution in [2.45, 2.75) is 78.9 Å². The molecule has 0 saturated heterocycles. The topological polar surface area (TPSA) is 70.9 Å². The lowest BCUT2D eigenvalue weighted by Crippen LogP contribution is -2.50. The first-order valence-electron chi connectivity index (χ1n) is 15.2. The summed E-state index contributed by atoms with van der Waals surface area (Å²) >= 11 is 0. The molecule has 5 nitrogen and oxygen atoms in total. The number of aliphatic hydroxyl groups excluding tert-OH is 1. The second-order valence-corrected chi connectivity index (χ2v) is 9.47. The average Bonchev–Trinajstić information content (AvgIpc) is 3.07. The minimum absolute atomic E-state index is 0.214. The van der Waals surface area contributed by atoms with Gasteiger partial charge in [-0.2, -0.15) is 17.6 Å². The molecule has 0 heterocycles. The normalized spacial score (nSPS) is 12.6. The summed E-state index contributed by atoms with van der Waals surface area (Å²) < 4.78 is 56.8. The van der Waals surface area contributed by atoms with Crippen LogP contribution in [0.2, 0.25) is 0 Å². The molecule has 1 amide bonds. The number of ether oxygens (including phenoxy) is 1. The van der Waals surface area contributed by atoms with Crippen LogP contribution >= 0.6 is 0 Å². The van der Waals surface area contributed by atoms with Crippen LogP contribution in [0, 0.1) is 6.92 Å². The number of aliphatic imine (C=N–C) groups is 1. The maximum atomic E-state index is 13.6. The van der Waals surface area contributed by atoms with Crippen LogP contribution in [0.4, 0.5) is 17.6 Å². The molecule has 9 heteroatoms. The van der Waals surface area contributed by atoms with E-state index in [2.05, 4.69) is 53.2 Å². The number of carbonyl (C=O) groups excluding carboxylic acids is 1. The number of amides is 1.